The minimum atomic E-state index is -3.76. The van der Waals surface area contributed by atoms with Crippen LogP contribution < -0.4 is 14.9 Å². The van der Waals surface area contributed by atoms with E-state index in [1.54, 1.807) is 60.4 Å². The number of anilines is 3. The summed E-state index contributed by atoms with van der Waals surface area (Å²) in [5.41, 5.74) is 1.61. The molecule has 2 amide bonds. The number of para-hydroxylation sites is 1. The van der Waals surface area contributed by atoms with E-state index >= 15 is 0 Å². The predicted molar refractivity (Wildman–Crippen MR) is 122 cm³/mol. The van der Waals surface area contributed by atoms with E-state index < -0.39 is 15.9 Å². The molecule has 9 nitrogen and oxygen atoms in total. The molecular formula is C21H19N5O4S2. The smallest absolute Gasteiger partial charge is 0.284 e. The first-order chi connectivity index (χ1) is 15.2. The van der Waals surface area contributed by atoms with Gasteiger partial charge in [0.15, 0.2) is 5.13 Å². The summed E-state index contributed by atoms with van der Waals surface area (Å²) in [4.78, 5) is 31.4. The summed E-state index contributed by atoms with van der Waals surface area (Å²) >= 11 is 1.14. The second-order valence-corrected chi connectivity index (χ2v) is 9.69. The van der Waals surface area contributed by atoms with Crippen molar-refractivity contribution in [2.45, 2.75) is 6.92 Å². The molecule has 0 radical (unpaired) electrons. The molecule has 0 saturated carbocycles. The van der Waals surface area contributed by atoms with E-state index in [4.69, 9.17) is 5.26 Å². The van der Waals surface area contributed by atoms with Crippen LogP contribution in [0.5, 0.6) is 0 Å². The fourth-order valence-electron chi connectivity index (χ4n) is 2.78. The van der Waals surface area contributed by atoms with Crippen LogP contribution in [0.1, 0.15) is 20.9 Å². The number of nitriles is 1. The van der Waals surface area contributed by atoms with Crippen LogP contribution in [0.25, 0.3) is 0 Å². The second-order valence-electron chi connectivity index (χ2n) is 6.76. The predicted octanol–water partition coefficient (Wildman–Crippen LogP) is 2.79. The molecule has 0 aliphatic heterocycles. The van der Waals surface area contributed by atoms with Crippen LogP contribution in [0, 0.1) is 18.3 Å². The third kappa shape index (κ3) is 5.90. The van der Waals surface area contributed by atoms with Gasteiger partial charge in [-0.3, -0.25) is 9.59 Å². The maximum Gasteiger partial charge on any atom is 0.284 e. The molecule has 1 aromatic heterocycles. The van der Waals surface area contributed by atoms with Gasteiger partial charge in [-0.25, -0.2) is 18.1 Å². The van der Waals surface area contributed by atoms with Crippen LogP contribution in [0.2, 0.25) is 0 Å². The van der Waals surface area contributed by atoms with E-state index in [1.807, 2.05) is 16.9 Å². The van der Waals surface area contributed by atoms with Gasteiger partial charge < -0.3 is 10.2 Å². The van der Waals surface area contributed by atoms with Gasteiger partial charge >= 0.3 is 0 Å². The number of amides is 2. The standard InChI is InChI=1S/C21H19N5O4S2/c1-14-19(20(28)25-32(2,29)30)24-21(31-14)26(17-10-8-15(12-22)9-11-17)13-18(27)23-16-6-4-3-5-7-16/h3-11H,13H2,1-2H3,(H,23,27)(H,25,28). The molecule has 0 fully saturated rings. The SMILES string of the molecule is Cc1sc(N(CC(=O)Nc2ccccc2)c2ccc(C#N)cc2)nc1C(=O)NS(C)(=O)=O. The Labute approximate surface area is 189 Å². The number of thiazole rings is 1. The lowest BCUT2D eigenvalue weighted by atomic mass is 10.2. The molecule has 11 heteroatoms. The topological polar surface area (TPSA) is 132 Å². The van der Waals surface area contributed by atoms with Gasteiger partial charge in [-0.1, -0.05) is 18.2 Å². The first-order valence-electron chi connectivity index (χ1n) is 9.28. The van der Waals surface area contributed by atoms with Gasteiger partial charge in [0.2, 0.25) is 15.9 Å². The number of aromatic nitrogens is 1. The number of hydrogen-bond donors (Lipinski definition) is 2. The lowest BCUT2D eigenvalue weighted by Gasteiger charge is -2.21. The second kappa shape index (κ2) is 9.59. The molecule has 0 spiro atoms. The molecule has 3 aromatic rings. The Morgan fingerprint density at radius 2 is 1.78 bits per heavy atom. The summed E-state index contributed by atoms with van der Waals surface area (Å²) in [7, 11) is -3.76. The maximum absolute atomic E-state index is 12.7. The number of rotatable bonds is 7. The van der Waals surface area contributed by atoms with Crippen molar-refractivity contribution >= 4 is 49.7 Å². The van der Waals surface area contributed by atoms with Crippen molar-refractivity contribution in [1.29, 1.82) is 5.26 Å². The fraction of sp³-hybridized carbons (Fsp3) is 0.143. The monoisotopic (exact) mass is 469 g/mol. The van der Waals surface area contributed by atoms with Crippen LogP contribution >= 0.6 is 11.3 Å². The van der Waals surface area contributed by atoms with Gasteiger partial charge in [-0.15, -0.1) is 11.3 Å². The van der Waals surface area contributed by atoms with Gasteiger partial charge in [-0.05, 0) is 43.3 Å². The van der Waals surface area contributed by atoms with Crippen molar-refractivity contribution in [2.24, 2.45) is 0 Å². The molecule has 164 valence electrons. The average molecular weight is 470 g/mol. The summed E-state index contributed by atoms with van der Waals surface area (Å²) in [5.74, 6) is -1.17. The average Bonchev–Trinajstić information content (AvgIpc) is 3.13. The number of carbonyl (C=O) groups is 2. The fourth-order valence-corrected chi connectivity index (χ4v) is 4.14. The third-order valence-electron chi connectivity index (χ3n) is 4.18. The number of benzene rings is 2. The third-order valence-corrected chi connectivity index (χ3v) is 5.73. The Hall–Kier alpha value is -3.75. The Balaban J connectivity index is 1.93. The van der Waals surface area contributed by atoms with Crippen LogP contribution in [0.4, 0.5) is 16.5 Å². The molecule has 0 aliphatic rings. The van der Waals surface area contributed by atoms with Crippen molar-refractivity contribution in [3.05, 3.63) is 70.7 Å². The summed E-state index contributed by atoms with van der Waals surface area (Å²) < 4.78 is 24.7. The largest absolute Gasteiger partial charge is 0.325 e. The van der Waals surface area contributed by atoms with E-state index in [-0.39, 0.29) is 18.1 Å². The summed E-state index contributed by atoms with van der Waals surface area (Å²) in [6, 6.07) is 17.5. The highest BCUT2D eigenvalue weighted by Crippen LogP contribution is 2.31. The Morgan fingerprint density at radius 3 is 2.38 bits per heavy atom. The number of carbonyl (C=O) groups excluding carboxylic acids is 2. The van der Waals surface area contributed by atoms with Crippen molar-refractivity contribution in [3.63, 3.8) is 0 Å². The van der Waals surface area contributed by atoms with Crippen LogP contribution in [0.3, 0.4) is 0 Å². The highest BCUT2D eigenvalue weighted by atomic mass is 32.2. The van der Waals surface area contributed by atoms with Crippen molar-refractivity contribution in [2.75, 3.05) is 23.0 Å². The normalized spacial score (nSPS) is 10.8. The number of sulfonamides is 1. The molecule has 0 aliphatic carbocycles. The quantitative estimate of drug-likeness (QED) is 0.544. The zero-order valence-corrected chi connectivity index (χ0v) is 18.8. The van der Waals surface area contributed by atoms with Gasteiger partial charge in [-0.2, -0.15) is 5.26 Å². The van der Waals surface area contributed by atoms with E-state index in [2.05, 4.69) is 10.3 Å². The number of hydrogen-bond acceptors (Lipinski definition) is 8. The zero-order chi connectivity index (χ0) is 23.3. The Morgan fingerprint density at radius 1 is 1.12 bits per heavy atom. The van der Waals surface area contributed by atoms with Gasteiger partial charge in [0.1, 0.15) is 12.2 Å². The highest BCUT2D eigenvalue weighted by Gasteiger charge is 2.23. The molecule has 0 saturated heterocycles. The minimum absolute atomic E-state index is 0.0439. The molecule has 2 aromatic carbocycles. The number of nitrogens with zero attached hydrogens (tertiary/aromatic N) is 3. The Kier molecular flexibility index (Phi) is 6.87. The molecule has 3 rings (SSSR count). The summed E-state index contributed by atoms with van der Waals surface area (Å²) in [6.45, 7) is 1.51. The molecule has 0 unspecified atom stereocenters. The van der Waals surface area contributed by atoms with E-state index in [1.165, 1.54) is 0 Å². The van der Waals surface area contributed by atoms with Crippen molar-refractivity contribution < 1.29 is 18.0 Å². The lowest BCUT2D eigenvalue weighted by Crippen LogP contribution is -2.31. The van der Waals surface area contributed by atoms with Crippen LogP contribution in [-0.4, -0.2) is 38.0 Å². The van der Waals surface area contributed by atoms with Crippen molar-refractivity contribution in [1.82, 2.24) is 9.71 Å². The maximum atomic E-state index is 12.7. The first kappa shape index (κ1) is 22.9. The highest BCUT2D eigenvalue weighted by molar-refractivity contribution is 7.89. The van der Waals surface area contributed by atoms with Crippen LogP contribution in [0.15, 0.2) is 54.6 Å². The Bertz CT molecular complexity index is 1280. The molecular weight excluding hydrogens is 450 g/mol. The minimum Gasteiger partial charge on any atom is -0.325 e. The van der Waals surface area contributed by atoms with Crippen LogP contribution in [-0.2, 0) is 14.8 Å². The molecule has 32 heavy (non-hydrogen) atoms. The van der Waals surface area contributed by atoms with E-state index in [0.717, 1.165) is 17.6 Å². The lowest BCUT2D eigenvalue weighted by molar-refractivity contribution is -0.114. The van der Waals surface area contributed by atoms with E-state index in [9.17, 15) is 18.0 Å². The van der Waals surface area contributed by atoms with Gasteiger partial charge in [0.05, 0.1) is 17.9 Å². The zero-order valence-electron chi connectivity index (χ0n) is 17.2. The molecule has 2 N–H and O–H groups in total. The first-order valence-corrected chi connectivity index (χ1v) is 12.0. The van der Waals surface area contributed by atoms with E-state index in [0.29, 0.717) is 26.9 Å². The molecule has 1 heterocycles. The number of nitrogens with one attached hydrogen (secondary N) is 2. The number of aryl methyl sites for hydroxylation is 1. The van der Waals surface area contributed by atoms with Gasteiger partial charge in [0.25, 0.3) is 5.91 Å². The molecule has 0 bridgehead atoms. The van der Waals surface area contributed by atoms with Gasteiger partial charge in [0, 0.05) is 16.3 Å². The van der Waals surface area contributed by atoms with Crippen molar-refractivity contribution in [3.8, 4) is 6.07 Å². The molecule has 0 atom stereocenters. The summed E-state index contributed by atoms with van der Waals surface area (Å²) in [5, 5.41) is 12.2. The summed E-state index contributed by atoms with van der Waals surface area (Å²) in [6.07, 6.45) is 0.879.